The van der Waals surface area contributed by atoms with Crippen LogP contribution in [-0.2, 0) is 14.3 Å². The van der Waals surface area contributed by atoms with E-state index < -0.39 is 18.0 Å². The van der Waals surface area contributed by atoms with Crippen LogP contribution in [0.25, 0.3) is 11.3 Å². The van der Waals surface area contributed by atoms with Crippen LogP contribution in [0, 0.1) is 0 Å². The molecule has 0 aliphatic heterocycles. The number of hydrogen-bond acceptors (Lipinski definition) is 5. The van der Waals surface area contributed by atoms with Crippen molar-refractivity contribution < 1.29 is 14.3 Å². The Balaban J connectivity index is 1.98. The minimum absolute atomic E-state index is 0.562. The summed E-state index contributed by atoms with van der Waals surface area (Å²) < 4.78 is 6.20. The summed E-state index contributed by atoms with van der Waals surface area (Å²) in [4.78, 5) is 27.4. The SMILES string of the molecule is NC(=O)C(=O)OC(c1ccccc1)c1nc(-c2ccccc2Br)cs1. The molecule has 3 rings (SSSR count). The van der Waals surface area contributed by atoms with E-state index >= 15 is 0 Å². The Morgan fingerprint density at radius 2 is 1.76 bits per heavy atom. The molecule has 0 saturated heterocycles. The molecular formula is C18H13BrN2O3S. The van der Waals surface area contributed by atoms with Gasteiger partial charge in [-0.15, -0.1) is 11.3 Å². The third-order valence-corrected chi connectivity index (χ3v) is 5.00. The average Bonchev–Trinajstić information content (AvgIpc) is 3.10. The van der Waals surface area contributed by atoms with Crippen molar-refractivity contribution in [3.05, 3.63) is 75.0 Å². The first kappa shape index (κ1) is 17.3. The van der Waals surface area contributed by atoms with E-state index in [0.717, 1.165) is 15.7 Å². The molecule has 5 nitrogen and oxygen atoms in total. The Labute approximate surface area is 156 Å². The summed E-state index contributed by atoms with van der Waals surface area (Å²) in [5, 5.41) is 2.44. The van der Waals surface area contributed by atoms with Crippen LogP contribution in [0.1, 0.15) is 16.7 Å². The van der Waals surface area contributed by atoms with Gasteiger partial charge in [-0.25, -0.2) is 9.78 Å². The Hall–Kier alpha value is -2.51. The Kier molecular flexibility index (Phi) is 5.25. The highest BCUT2D eigenvalue weighted by Crippen LogP contribution is 2.34. The number of halogens is 1. The maximum Gasteiger partial charge on any atom is 0.397 e. The number of nitrogens with two attached hydrogens (primary N) is 1. The largest absolute Gasteiger partial charge is 0.443 e. The van der Waals surface area contributed by atoms with E-state index in [1.165, 1.54) is 11.3 Å². The minimum atomic E-state index is -1.14. The van der Waals surface area contributed by atoms with E-state index in [-0.39, 0.29) is 0 Å². The number of nitrogens with zero attached hydrogens (tertiary/aromatic N) is 1. The van der Waals surface area contributed by atoms with E-state index in [0.29, 0.717) is 10.6 Å². The molecule has 3 aromatic rings. The lowest BCUT2D eigenvalue weighted by atomic mass is 10.1. The summed E-state index contributed by atoms with van der Waals surface area (Å²) in [5.41, 5.74) is 7.41. The third-order valence-electron chi connectivity index (χ3n) is 3.42. The summed E-state index contributed by atoms with van der Waals surface area (Å²) in [7, 11) is 0. The lowest BCUT2D eigenvalue weighted by Crippen LogP contribution is -2.27. The van der Waals surface area contributed by atoms with Crippen LogP contribution in [0.3, 0.4) is 0 Å². The second-order valence-corrected chi connectivity index (χ2v) is 6.86. The van der Waals surface area contributed by atoms with Crippen molar-refractivity contribution >= 4 is 39.1 Å². The number of carbonyl (C=O) groups is 2. The second kappa shape index (κ2) is 7.58. The van der Waals surface area contributed by atoms with Crippen LogP contribution < -0.4 is 5.73 Å². The summed E-state index contributed by atoms with van der Waals surface area (Å²) >= 11 is 4.85. The Bertz CT molecular complexity index is 911. The number of aromatic nitrogens is 1. The highest BCUT2D eigenvalue weighted by molar-refractivity contribution is 9.10. The lowest BCUT2D eigenvalue weighted by Gasteiger charge is -2.15. The van der Waals surface area contributed by atoms with Crippen molar-refractivity contribution in [1.82, 2.24) is 4.98 Å². The zero-order valence-electron chi connectivity index (χ0n) is 12.9. The van der Waals surface area contributed by atoms with Gasteiger partial charge in [-0.2, -0.15) is 0 Å². The van der Waals surface area contributed by atoms with Gasteiger partial charge in [0, 0.05) is 15.4 Å². The number of rotatable bonds is 4. The van der Waals surface area contributed by atoms with Crippen LogP contribution in [-0.4, -0.2) is 16.9 Å². The van der Waals surface area contributed by atoms with Crippen molar-refractivity contribution in [2.75, 3.05) is 0 Å². The predicted molar refractivity (Wildman–Crippen MR) is 98.8 cm³/mol. The van der Waals surface area contributed by atoms with Gasteiger partial charge < -0.3 is 10.5 Å². The van der Waals surface area contributed by atoms with Crippen LogP contribution >= 0.6 is 27.3 Å². The number of carbonyl (C=O) groups excluding carboxylic acids is 2. The van der Waals surface area contributed by atoms with Gasteiger partial charge in [-0.05, 0) is 11.6 Å². The molecule has 2 N–H and O–H groups in total. The van der Waals surface area contributed by atoms with Gasteiger partial charge in [0.05, 0.1) is 5.69 Å². The zero-order valence-corrected chi connectivity index (χ0v) is 15.3. The fourth-order valence-electron chi connectivity index (χ4n) is 2.25. The predicted octanol–water partition coefficient (Wildman–Crippen LogP) is 3.69. The van der Waals surface area contributed by atoms with Crippen LogP contribution in [0.4, 0.5) is 0 Å². The molecule has 1 amide bonds. The molecule has 0 aliphatic rings. The summed E-state index contributed by atoms with van der Waals surface area (Å²) in [6, 6.07) is 16.8. The van der Waals surface area contributed by atoms with Crippen molar-refractivity contribution in [3.63, 3.8) is 0 Å². The molecule has 1 unspecified atom stereocenters. The van der Waals surface area contributed by atoms with Gasteiger partial charge in [0.1, 0.15) is 5.01 Å². The minimum Gasteiger partial charge on any atom is -0.443 e. The first-order valence-electron chi connectivity index (χ1n) is 7.32. The van der Waals surface area contributed by atoms with Gasteiger partial charge >= 0.3 is 11.9 Å². The highest BCUT2D eigenvalue weighted by atomic mass is 79.9. The van der Waals surface area contributed by atoms with Crippen LogP contribution in [0.5, 0.6) is 0 Å². The van der Waals surface area contributed by atoms with Gasteiger partial charge in [0.25, 0.3) is 0 Å². The molecule has 126 valence electrons. The molecule has 0 saturated carbocycles. The maximum atomic E-state index is 11.7. The Morgan fingerprint density at radius 1 is 1.08 bits per heavy atom. The number of ether oxygens (including phenoxy) is 1. The van der Waals surface area contributed by atoms with E-state index in [9.17, 15) is 9.59 Å². The quantitative estimate of drug-likeness (QED) is 0.519. The number of primary amides is 1. The van der Waals surface area contributed by atoms with Gasteiger partial charge in [0.2, 0.25) is 0 Å². The van der Waals surface area contributed by atoms with Crippen molar-refractivity contribution in [2.24, 2.45) is 5.73 Å². The number of benzene rings is 2. The number of thiazole rings is 1. The zero-order chi connectivity index (χ0) is 17.8. The standard InChI is InChI=1S/C18H13BrN2O3S/c19-13-9-5-4-8-12(13)14-10-25-17(21-14)15(24-18(23)16(20)22)11-6-2-1-3-7-11/h1-10,15H,(H2,20,22). The van der Waals surface area contributed by atoms with Gasteiger partial charge in [-0.3, -0.25) is 4.79 Å². The highest BCUT2D eigenvalue weighted by Gasteiger charge is 2.25. The number of esters is 1. The molecule has 2 aromatic carbocycles. The molecule has 0 fully saturated rings. The number of hydrogen-bond donors (Lipinski definition) is 1. The molecule has 1 atom stereocenters. The summed E-state index contributed by atoms with van der Waals surface area (Å²) in [5.74, 6) is -2.23. The van der Waals surface area contributed by atoms with E-state index in [1.54, 1.807) is 12.1 Å². The summed E-state index contributed by atoms with van der Waals surface area (Å²) in [6.07, 6.45) is -0.789. The molecule has 0 spiro atoms. The first-order valence-corrected chi connectivity index (χ1v) is 8.99. The fraction of sp³-hybridized carbons (Fsp3) is 0.0556. The van der Waals surface area contributed by atoms with Gasteiger partial charge in [0.15, 0.2) is 6.10 Å². The molecule has 0 radical (unpaired) electrons. The van der Waals surface area contributed by atoms with Crippen LogP contribution in [0.15, 0.2) is 64.5 Å². The fourth-order valence-corrected chi connectivity index (χ4v) is 3.61. The number of amides is 1. The van der Waals surface area contributed by atoms with E-state index in [2.05, 4.69) is 20.9 Å². The maximum absolute atomic E-state index is 11.7. The molecule has 25 heavy (non-hydrogen) atoms. The van der Waals surface area contributed by atoms with Gasteiger partial charge in [-0.1, -0.05) is 64.5 Å². The van der Waals surface area contributed by atoms with Crippen molar-refractivity contribution in [1.29, 1.82) is 0 Å². The molecule has 0 aliphatic carbocycles. The van der Waals surface area contributed by atoms with Crippen molar-refractivity contribution in [2.45, 2.75) is 6.10 Å². The lowest BCUT2D eigenvalue weighted by molar-refractivity contribution is -0.156. The molecule has 1 heterocycles. The second-order valence-electron chi connectivity index (χ2n) is 5.11. The topological polar surface area (TPSA) is 82.3 Å². The van der Waals surface area contributed by atoms with E-state index in [1.807, 2.05) is 47.8 Å². The van der Waals surface area contributed by atoms with Crippen molar-refractivity contribution in [3.8, 4) is 11.3 Å². The summed E-state index contributed by atoms with van der Waals surface area (Å²) in [6.45, 7) is 0. The monoisotopic (exact) mass is 416 g/mol. The third kappa shape index (κ3) is 3.94. The Morgan fingerprint density at radius 3 is 2.44 bits per heavy atom. The molecule has 0 bridgehead atoms. The van der Waals surface area contributed by atoms with E-state index in [4.69, 9.17) is 10.5 Å². The molecular weight excluding hydrogens is 404 g/mol. The normalized spacial score (nSPS) is 11.7. The molecule has 7 heteroatoms. The smallest absolute Gasteiger partial charge is 0.397 e. The molecule has 1 aromatic heterocycles. The first-order chi connectivity index (χ1) is 12.1. The van der Waals surface area contributed by atoms with Crippen LogP contribution in [0.2, 0.25) is 0 Å². The average molecular weight is 417 g/mol.